The minimum Gasteiger partial charge on any atom is -0.477 e. The molecule has 3 rings (SSSR count). The molecule has 0 amide bonds. The fraction of sp³-hybridized carbons (Fsp3) is 0.364. The molecule has 3 aromatic heterocycles. The summed E-state index contributed by atoms with van der Waals surface area (Å²) in [5, 5.41) is 0. The lowest BCUT2D eigenvalue weighted by atomic mass is 9.82. The average Bonchev–Trinajstić information content (AvgIpc) is 2.74. The minimum absolute atomic E-state index is 0.0174. The number of aromatic nitrogens is 5. The van der Waals surface area contributed by atoms with E-state index in [4.69, 9.17) is 4.74 Å². The number of halogens is 1. The zero-order chi connectivity index (χ0) is 24.2. The van der Waals surface area contributed by atoms with Crippen molar-refractivity contribution in [2.75, 3.05) is 12.9 Å². The molecular formula is C22H24FN5O4S. The van der Waals surface area contributed by atoms with Gasteiger partial charge in [0.05, 0.1) is 47.9 Å². The van der Waals surface area contributed by atoms with Crippen LogP contribution in [-0.4, -0.2) is 52.0 Å². The van der Waals surface area contributed by atoms with Gasteiger partial charge >= 0.3 is 0 Å². The first-order valence-electron chi connectivity index (χ1n) is 10.1. The highest BCUT2D eigenvalue weighted by Crippen LogP contribution is 2.26. The third-order valence-electron chi connectivity index (χ3n) is 4.88. The topological polar surface area (TPSA) is 125 Å². The molecule has 0 spiro atoms. The van der Waals surface area contributed by atoms with Crippen molar-refractivity contribution in [1.82, 2.24) is 24.9 Å². The number of sulfone groups is 1. The Morgan fingerprint density at radius 1 is 1.15 bits per heavy atom. The zero-order valence-electron chi connectivity index (χ0n) is 18.7. The lowest BCUT2D eigenvalue weighted by Gasteiger charge is -2.23. The van der Waals surface area contributed by atoms with Crippen molar-refractivity contribution in [3.63, 3.8) is 0 Å². The average molecular weight is 474 g/mol. The third kappa shape index (κ3) is 6.13. The van der Waals surface area contributed by atoms with E-state index in [1.54, 1.807) is 19.9 Å². The normalized spacial score (nSPS) is 11.9. The molecule has 0 atom stereocenters. The molecule has 174 valence electrons. The Morgan fingerprint density at radius 3 is 2.58 bits per heavy atom. The van der Waals surface area contributed by atoms with E-state index in [-0.39, 0.29) is 29.5 Å². The summed E-state index contributed by atoms with van der Waals surface area (Å²) in [6.45, 7) is 5.52. The van der Waals surface area contributed by atoms with Crippen LogP contribution in [0.5, 0.6) is 5.88 Å². The van der Waals surface area contributed by atoms with Gasteiger partial charge in [-0.25, -0.2) is 27.8 Å². The SMILES string of the molecule is CCOc1cncc(-c2cnc(CC(=O)C(C)(C)c3ccnc(CS(C)(=O)=O)n3)c(F)c2)n1. The molecule has 0 saturated heterocycles. The molecule has 0 aliphatic carbocycles. The Kier molecular flexibility index (Phi) is 7.11. The van der Waals surface area contributed by atoms with Crippen LogP contribution in [0.4, 0.5) is 4.39 Å². The monoisotopic (exact) mass is 473 g/mol. The lowest BCUT2D eigenvalue weighted by molar-refractivity contribution is -0.123. The lowest BCUT2D eigenvalue weighted by Crippen LogP contribution is -2.32. The second-order valence-electron chi connectivity index (χ2n) is 7.98. The molecule has 0 N–H and O–H groups in total. The van der Waals surface area contributed by atoms with Crippen LogP contribution >= 0.6 is 0 Å². The van der Waals surface area contributed by atoms with Gasteiger partial charge in [-0.2, -0.15) is 0 Å². The van der Waals surface area contributed by atoms with Crippen LogP contribution in [0.3, 0.4) is 0 Å². The van der Waals surface area contributed by atoms with Gasteiger partial charge in [0.1, 0.15) is 23.2 Å². The van der Waals surface area contributed by atoms with E-state index in [0.29, 0.717) is 29.4 Å². The second-order valence-corrected chi connectivity index (χ2v) is 10.1. The van der Waals surface area contributed by atoms with E-state index in [2.05, 4.69) is 24.9 Å². The first-order chi connectivity index (χ1) is 15.5. The van der Waals surface area contributed by atoms with Gasteiger partial charge in [-0.05, 0) is 32.9 Å². The molecule has 0 aliphatic heterocycles. The quantitative estimate of drug-likeness (QED) is 0.461. The summed E-state index contributed by atoms with van der Waals surface area (Å²) in [4.78, 5) is 33.7. The molecule has 0 aliphatic rings. The van der Waals surface area contributed by atoms with E-state index in [0.717, 1.165) is 6.26 Å². The Morgan fingerprint density at radius 2 is 1.91 bits per heavy atom. The summed E-state index contributed by atoms with van der Waals surface area (Å²) in [7, 11) is -3.33. The molecule has 9 nitrogen and oxygen atoms in total. The van der Waals surface area contributed by atoms with Gasteiger partial charge in [0.2, 0.25) is 5.88 Å². The van der Waals surface area contributed by atoms with Crippen LogP contribution in [-0.2, 0) is 32.2 Å². The Hall–Kier alpha value is -3.34. The van der Waals surface area contributed by atoms with Gasteiger partial charge in [0, 0.05) is 24.2 Å². The van der Waals surface area contributed by atoms with Gasteiger partial charge in [0.25, 0.3) is 0 Å². The van der Waals surface area contributed by atoms with Crippen molar-refractivity contribution >= 4 is 15.6 Å². The van der Waals surface area contributed by atoms with Gasteiger partial charge in [-0.3, -0.25) is 14.8 Å². The predicted octanol–water partition coefficient (Wildman–Crippen LogP) is 2.50. The van der Waals surface area contributed by atoms with Gasteiger partial charge in [-0.1, -0.05) is 0 Å². The first kappa shape index (κ1) is 24.3. The summed E-state index contributed by atoms with van der Waals surface area (Å²) in [6, 6.07) is 2.79. The first-order valence-corrected chi connectivity index (χ1v) is 12.2. The van der Waals surface area contributed by atoms with Gasteiger partial charge in [-0.15, -0.1) is 0 Å². The number of ether oxygens (including phenoxy) is 1. The maximum Gasteiger partial charge on any atom is 0.232 e. The molecule has 0 radical (unpaired) electrons. The van der Waals surface area contributed by atoms with Crippen molar-refractivity contribution in [2.45, 2.75) is 38.4 Å². The molecule has 11 heteroatoms. The number of carbonyl (C=O) groups excluding carboxylic acids is 1. The highest BCUT2D eigenvalue weighted by Gasteiger charge is 2.32. The van der Waals surface area contributed by atoms with Crippen molar-refractivity contribution in [1.29, 1.82) is 0 Å². The van der Waals surface area contributed by atoms with Crippen LogP contribution in [0, 0.1) is 5.82 Å². The van der Waals surface area contributed by atoms with E-state index >= 15 is 0 Å². The molecule has 0 bridgehead atoms. The second kappa shape index (κ2) is 9.65. The molecule has 0 fully saturated rings. The predicted molar refractivity (Wildman–Crippen MR) is 119 cm³/mol. The van der Waals surface area contributed by atoms with E-state index < -0.39 is 21.1 Å². The fourth-order valence-corrected chi connectivity index (χ4v) is 3.62. The minimum atomic E-state index is -3.33. The van der Waals surface area contributed by atoms with Crippen LogP contribution in [0.25, 0.3) is 11.3 Å². The molecule has 3 aromatic rings. The standard InChI is InChI=1S/C22H24FN5O4S/c1-5-32-21-12-24-11-17(27-21)14-8-15(23)16(26-10-14)9-19(29)22(2,3)18-6-7-25-20(28-18)13-33(4,30)31/h6-8,10-12H,5,9,13H2,1-4H3. The molecule has 33 heavy (non-hydrogen) atoms. The summed E-state index contributed by atoms with van der Waals surface area (Å²) in [6.07, 6.45) is 6.57. The zero-order valence-corrected chi connectivity index (χ0v) is 19.6. The Balaban J connectivity index is 1.81. The largest absolute Gasteiger partial charge is 0.477 e. The van der Waals surface area contributed by atoms with Gasteiger partial charge in [0.15, 0.2) is 9.84 Å². The summed E-state index contributed by atoms with van der Waals surface area (Å²) < 4.78 is 43.2. The summed E-state index contributed by atoms with van der Waals surface area (Å²) in [5.74, 6) is -0.906. The Labute approximate surface area is 191 Å². The van der Waals surface area contributed by atoms with Crippen molar-refractivity contribution < 1.29 is 22.3 Å². The van der Waals surface area contributed by atoms with E-state index in [9.17, 15) is 17.6 Å². The number of hydrogen-bond donors (Lipinski definition) is 0. The number of ketones is 1. The molecule has 0 aromatic carbocycles. The van der Waals surface area contributed by atoms with Crippen molar-refractivity contribution in [3.05, 3.63) is 59.9 Å². The molecular weight excluding hydrogens is 449 g/mol. The van der Waals surface area contributed by atoms with E-state index in [1.807, 2.05) is 6.92 Å². The summed E-state index contributed by atoms with van der Waals surface area (Å²) >= 11 is 0. The van der Waals surface area contributed by atoms with Gasteiger partial charge < -0.3 is 4.74 Å². The number of pyridine rings is 1. The number of nitrogens with zero attached hydrogens (tertiary/aromatic N) is 5. The van der Waals surface area contributed by atoms with Crippen LogP contribution in [0.15, 0.2) is 36.9 Å². The molecule has 0 unspecified atom stereocenters. The Bertz CT molecular complexity index is 1280. The van der Waals surface area contributed by atoms with Crippen LogP contribution in [0.1, 0.15) is 38.0 Å². The summed E-state index contributed by atoms with van der Waals surface area (Å²) in [5.41, 5.74) is 0.0137. The number of Topliss-reactive ketones (excluding diaryl/α,β-unsaturated/α-hetero) is 1. The maximum absolute atomic E-state index is 14.8. The maximum atomic E-state index is 14.8. The highest BCUT2D eigenvalue weighted by atomic mass is 32.2. The molecule has 0 saturated carbocycles. The number of carbonyl (C=O) groups is 1. The smallest absolute Gasteiger partial charge is 0.232 e. The van der Waals surface area contributed by atoms with Crippen LogP contribution in [0.2, 0.25) is 0 Å². The molecule has 3 heterocycles. The number of rotatable bonds is 9. The fourth-order valence-electron chi connectivity index (χ4n) is 3.01. The third-order valence-corrected chi connectivity index (χ3v) is 5.66. The van der Waals surface area contributed by atoms with Crippen LogP contribution < -0.4 is 4.74 Å². The van der Waals surface area contributed by atoms with E-state index in [1.165, 1.54) is 30.9 Å². The van der Waals surface area contributed by atoms with Crippen molar-refractivity contribution in [2.24, 2.45) is 0 Å². The number of hydrogen-bond acceptors (Lipinski definition) is 9. The highest BCUT2D eigenvalue weighted by molar-refractivity contribution is 7.89. The van der Waals surface area contributed by atoms with Crippen molar-refractivity contribution in [3.8, 4) is 17.1 Å².